The molecule has 0 saturated heterocycles. The van der Waals surface area contributed by atoms with E-state index in [2.05, 4.69) is 15.7 Å². The fourth-order valence-electron chi connectivity index (χ4n) is 3.05. The van der Waals surface area contributed by atoms with Crippen LogP contribution >= 0.6 is 23.8 Å². The molecule has 0 radical (unpaired) electrons. The van der Waals surface area contributed by atoms with Crippen LogP contribution in [-0.2, 0) is 12.7 Å². The maximum absolute atomic E-state index is 13.1. The first kappa shape index (κ1) is 20.9. The number of hydrogen-bond donors (Lipinski definition) is 2. The first-order chi connectivity index (χ1) is 13.3. The van der Waals surface area contributed by atoms with E-state index in [0.717, 1.165) is 18.4 Å². The summed E-state index contributed by atoms with van der Waals surface area (Å²) in [5, 5.41) is 10.3. The lowest BCUT2D eigenvalue weighted by atomic mass is 10.1. The number of aryl methyl sites for hydroxylation is 1. The van der Waals surface area contributed by atoms with E-state index < -0.39 is 11.9 Å². The molecule has 28 heavy (non-hydrogen) atoms. The molecule has 1 aliphatic rings. The van der Waals surface area contributed by atoms with Gasteiger partial charge in [-0.1, -0.05) is 41.9 Å². The third-order valence-corrected chi connectivity index (χ3v) is 5.28. The Morgan fingerprint density at radius 3 is 2.61 bits per heavy atom. The number of benzene rings is 1. The zero-order chi connectivity index (χ0) is 20.3. The fourth-order valence-corrected chi connectivity index (χ4v) is 3.73. The maximum atomic E-state index is 13.1. The van der Waals surface area contributed by atoms with E-state index in [1.807, 2.05) is 37.3 Å². The van der Waals surface area contributed by atoms with Crippen molar-refractivity contribution in [2.24, 2.45) is 0 Å². The molecule has 4 nitrogen and oxygen atoms in total. The Balaban J connectivity index is 1.51. The van der Waals surface area contributed by atoms with E-state index in [9.17, 15) is 13.2 Å². The minimum atomic E-state index is -4.54. The average Bonchev–Trinajstić information content (AvgIpc) is 3.41. The molecule has 9 heteroatoms. The summed E-state index contributed by atoms with van der Waals surface area (Å²) in [6.45, 7) is 2.89. The second kappa shape index (κ2) is 8.69. The third-order valence-electron chi connectivity index (χ3n) is 4.64. The summed E-state index contributed by atoms with van der Waals surface area (Å²) in [6, 6.07) is 9.96. The largest absolute Gasteiger partial charge is 0.436 e. The first-order valence-corrected chi connectivity index (χ1v) is 9.98. The van der Waals surface area contributed by atoms with Crippen LogP contribution in [-0.4, -0.2) is 21.4 Å². The van der Waals surface area contributed by atoms with Gasteiger partial charge in [0.2, 0.25) is 0 Å². The molecule has 1 atom stereocenters. The number of nitrogens with zero attached hydrogens (tertiary/aromatic N) is 2. The van der Waals surface area contributed by atoms with E-state index in [4.69, 9.17) is 23.8 Å². The van der Waals surface area contributed by atoms with Crippen LogP contribution in [0.25, 0.3) is 0 Å². The zero-order valence-corrected chi connectivity index (χ0v) is 17.0. The van der Waals surface area contributed by atoms with Crippen LogP contribution in [0.15, 0.2) is 30.3 Å². The number of nitrogens with one attached hydrogen (secondary N) is 2. The summed E-state index contributed by atoms with van der Waals surface area (Å²) < 4.78 is 40.7. The van der Waals surface area contributed by atoms with Gasteiger partial charge in [-0.05, 0) is 44.0 Å². The van der Waals surface area contributed by atoms with Gasteiger partial charge in [0.1, 0.15) is 0 Å². The average molecular weight is 431 g/mol. The normalized spacial score (nSPS) is 15.3. The van der Waals surface area contributed by atoms with Gasteiger partial charge < -0.3 is 10.6 Å². The van der Waals surface area contributed by atoms with Gasteiger partial charge in [-0.25, -0.2) is 0 Å². The van der Waals surface area contributed by atoms with Crippen molar-refractivity contribution in [3.63, 3.8) is 0 Å². The summed E-state index contributed by atoms with van der Waals surface area (Å²) >= 11 is 11.3. The van der Waals surface area contributed by atoms with Crippen molar-refractivity contribution in [1.29, 1.82) is 0 Å². The molecular weight excluding hydrogens is 409 g/mol. The standard InChI is InChI=1S/C19H22ClF3N4S/c1-12(13-6-3-2-4-7-13)25-18(28)24-10-5-11-27-16(14-8-9-14)15(20)17(26-27)19(21,22)23/h2-4,6-7,12,14H,5,8-11H2,1H3,(H2,24,25,28). The molecule has 0 amide bonds. The summed E-state index contributed by atoms with van der Waals surface area (Å²) in [5.74, 6) is 0.0820. The van der Waals surface area contributed by atoms with Crippen LogP contribution in [0.3, 0.4) is 0 Å². The molecule has 1 fully saturated rings. The number of thiocarbonyl (C=S) groups is 1. The minimum Gasteiger partial charge on any atom is -0.363 e. The highest BCUT2D eigenvalue weighted by Crippen LogP contribution is 2.46. The first-order valence-electron chi connectivity index (χ1n) is 9.20. The molecule has 1 aliphatic carbocycles. The van der Waals surface area contributed by atoms with Crippen molar-refractivity contribution in [3.05, 3.63) is 52.3 Å². The summed E-state index contributed by atoms with van der Waals surface area (Å²) in [6.07, 6.45) is -2.25. The molecule has 1 unspecified atom stereocenters. The molecule has 1 saturated carbocycles. The Morgan fingerprint density at radius 1 is 1.32 bits per heavy atom. The molecular formula is C19H22ClF3N4S. The zero-order valence-electron chi connectivity index (χ0n) is 15.4. The summed E-state index contributed by atoms with van der Waals surface area (Å²) in [5.41, 5.74) is 0.636. The molecule has 3 rings (SSSR count). The lowest BCUT2D eigenvalue weighted by Gasteiger charge is -2.17. The van der Waals surface area contributed by atoms with E-state index in [1.165, 1.54) is 4.68 Å². The Kier molecular flexibility index (Phi) is 6.50. The highest BCUT2D eigenvalue weighted by Gasteiger charge is 2.41. The molecule has 2 aromatic rings. The van der Waals surface area contributed by atoms with Crippen LogP contribution in [0.4, 0.5) is 13.2 Å². The Hall–Kier alpha value is -1.80. The quantitative estimate of drug-likeness (QED) is 0.476. The minimum absolute atomic E-state index is 0.0573. The predicted octanol–water partition coefficient (Wildman–Crippen LogP) is 5.05. The van der Waals surface area contributed by atoms with Gasteiger partial charge in [0.15, 0.2) is 10.8 Å². The van der Waals surface area contributed by atoms with E-state index >= 15 is 0 Å². The van der Waals surface area contributed by atoms with Crippen molar-refractivity contribution in [3.8, 4) is 0 Å². The Morgan fingerprint density at radius 2 is 2.00 bits per heavy atom. The number of halogens is 4. The molecule has 0 spiro atoms. The van der Waals surface area contributed by atoms with Crippen LogP contribution < -0.4 is 10.6 Å². The lowest BCUT2D eigenvalue weighted by molar-refractivity contribution is -0.141. The molecule has 1 heterocycles. The molecule has 0 aliphatic heterocycles. The molecule has 152 valence electrons. The van der Waals surface area contributed by atoms with Gasteiger partial charge >= 0.3 is 6.18 Å². The maximum Gasteiger partial charge on any atom is 0.436 e. The molecule has 1 aromatic carbocycles. The number of aromatic nitrogens is 2. The Bertz CT molecular complexity index is 819. The smallest absolute Gasteiger partial charge is 0.363 e. The van der Waals surface area contributed by atoms with Crippen molar-refractivity contribution in [1.82, 2.24) is 20.4 Å². The number of rotatable bonds is 7. The lowest BCUT2D eigenvalue weighted by Crippen LogP contribution is -2.37. The van der Waals surface area contributed by atoms with Crippen LogP contribution in [0.2, 0.25) is 5.02 Å². The van der Waals surface area contributed by atoms with E-state index in [1.54, 1.807) is 0 Å². The molecule has 1 aromatic heterocycles. The van der Waals surface area contributed by atoms with Gasteiger partial charge in [-0.15, -0.1) is 0 Å². The molecule has 2 N–H and O–H groups in total. The van der Waals surface area contributed by atoms with Crippen molar-refractivity contribution in [2.75, 3.05) is 6.54 Å². The number of alkyl halides is 3. The summed E-state index contributed by atoms with van der Waals surface area (Å²) in [7, 11) is 0. The van der Waals surface area contributed by atoms with Gasteiger partial charge in [0.25, 0.3) is 0 Å². The second-order valence-corrected chi connectivity index (χ2v) is 7.72. The van der Waals surface area contributed by atoms with Crippen molar-refractivity contribution in [2.45, 2.75) is 50.9 Å². The van der Waals surface area contributed by atoms with Gasteiger partial charge in [-0.3, -0.25) is 4.68 Å². The van der Waals surface area contributed by atoms with E-state index in [0.29, 0.717) is 30.3 Å². The number of hydrogen-bond acceptors (Lipinski definition) is 2. The van der Waals surface area contributed by atoms with Crippen LogP contribution in [0, 0.1) is 0 Å². The summed E-state index contributed by atoms with van der Waals surface area (Å²) in [4.78, 5) is 0. The van der Waals surface area contributed by atoms with Crippen LogP contribution in [0.5, 0.6) is 0 Å². The van der Waals surface area contributed by atoms with Gasteiger partial charge in [0, 0.05) is 19.0 Å². The molecule has 0 bridgehead atoms. The monoisotopic (exact) mass is 430 g/mol. The van der Waals surface area contributed by atoms with Gasteiger partial charge in [0.05, 0.1) is 16.8 Å². The topological polar surface area (TPSA) is 41.9 Å². The SMILES string of the molecule is CC(NC(=S)NCCCn1nc(C(F)(F)F)c(Cl)c1C1CC1)c1ccccc1. The fraction of sp³-hybridized carbons (Fsp3) is 0.474. The highest BCUT2D eigenvalue weighted by molar-refractivity contribution is 7.80. The second-order valence-electron chi connectivity index (χ2n) is 6.93. The third kappa shape index (κ3) is 5.17. The van der Waals surface area contributed by atoms with Crippen LogP contribution in [0.1, 0.15) is 55.1 Å². The van der Waals surface area contributed by atoms with E-state index in [-0.39, 0.29) is 17.0 Å². The van der Waals surface area contributed by atoms with Gasteiger partial charge in [-0.2, -0.15) is 18.3 Å². The van der Waals surface area contributed by atoms with Crippen molar-refractivity contribution >= 4 is 28.9 Å². The highest BCUT2D eigenvalue weighted by atomic mass is 35.5. The van der Waals surface area contributed by atoms with Crippen molar-refractivity contribution < 1.29 is 13.2 Å². The Labute approximate surface area is 172 Å². The predicted molar refractivity (Wildman–Crippen MR) is 107 cm³/mol.